The Labute approximate surface area is 182 Å². The van der Waals surface area contributed by atoms with E-state index in [4.69, 9.17) is 4.74 Å². The molecule has 0 saturated carbocycles. The molecule has 1 aromatic carbocycles. The van der Waals surface area contributed by atoms with Gasteiger partial charge in [-0.15, -0.1) is 0 Å². The van der Waals surface area contributed by atoms with Gasteiger partial charge in [-0.25, -0.2) is 0 Å². The standard InChI is InChI=1S/C24H28N4O3/c1-15-4-5-17(10-16(15)2)13-28-14-24-8-6-19(31-24)20(21(24)23(28)30)22(29)27(3)9-7-18-11-25-26-12-18/h4-6,8,10-12,19-21H,7,9,13-14H2,1-3H3,(H,25,26)/t19-,20-,21+,24-/m0/s1. The molecule has 2 aromatic rings. The van der Waals surface area contributed by atoms with Crippen molar-refractivity contribution in [2.75, 3.05) is 20.1 Å². The van der Waals surface area contributed by atoms with E-state index in [1.807, 2.05) is 23.2 Å². The van der Waals surface area contributed by atoms with E-state index in [-0.39, 0.29) is 17.9 Å². The van der Waals surface area contributed by atoms with Crippen molar-refractivity contribution in [3.63, 3.8) is 0 Å². The van der Waals surface area contributed by atoms with E-state index in [1.165, 1.54) is 11.1 Å². The number of likely N-dealkylation sites (N-methyl/N-ethyl adjacent to an activating group) is 1. The van der Waals surface area contributed by atoms with Crippen LogP contribution in [0.15, 0.2) is 42.7 Å². The molecule has 4 heterocycles. The maximum Gasteiger partial charge on any atom is 0.230 e. The molecule has 1 spiro atoms. The summed E-state index contributed by atoms with van der Waals surface area (Å²) in [5.74, 6) is -0.910. The fourth-order valence-electron chi connectivity index (χ4n) is 5.19. The Balaban J connectivity index is 1.32. The highest BCUT2D eigenvalue weighted by Gasteiger charge is 2.67. The lowest BCUT2D eigenvalue weighted by Crippen LogP contribution is -2.45. The van der Waals surface area contributed by atoms with Gasteiger partial charge in [0.1, 0.15) is 5.60 Å². The van der Waals surface area contributed by atoms with Gasteiger partial charge in [0.15, 0.2) is 0 Å². The first-order chi connectivity index (χ1) is 14.9. The molecule has 5 rings (SSSR count). The molecular formula is C24H28N4O3. The van der Waals surface area contributed by atoms with E-state index in [0.717, 1.165) is 17.5 Å². The number of benzene rings is 1. The van der Waals surface area contributed by atoms with E-state index in [9.17, 15) is 9.59 Å². The second-order valence-corrected chi connectivity index (χ2v) is 9.13. The van der Waals surface area contributed by atoms with Crippen molar-refractivity contribution in [1.82, 2.24) is 20.0 Å². The number of hydrogen-bond acceptors (Lipinski definition) is 4. The number of aromatic nitrogens is 2. The van der Waals surface area contributed by atoms with E-state index in [1.54, 1.807) is 18.1 Å². The molecule has 0 radical (unpaired) electrons. The maximum atomic E-state index is 13.4. The van der Waals surface area contributed by atoms with Gasteiger partial charge < -0.3 is 14.5 Å². The monoisotopic (exact) mass is 420 g/mol. The Bertz CT molecular complexity index is 1050. The van der Waals surface area contributed by atoms with E-state index < -0.39 is 17.4 Å². The van der Waals surface area contributed by atoms with Gasteiger partial charge in [-0.2, -0.15) is 5.10 Å². The first-order valence-electron chi connectivity index (χ1n) is 10.8. The molecule has 2 bridgehead atoms. The number of rotatable bonds is 6. The molecule has 1 aromatic heterocycles. The van der Waals surface area contributed by atoms with Crippen molar-refractivity contribution in [2.45, 2.75) is 38.5 Å². The minimum Gasteiger partial charge on any atom is -0.360 e. The largest absolute Gasteiger partial charge is 0.360 e. The number of hydrogen-bond donors (Lipinski definition) is 1. The lowest BCUT2D eigenvalue weighted by atomic mass is 9.76. The highest BCUT2D eigenvalue weighted by atomic mass is 16.5. The Hall–Kier alpha value is -2.93. The summed E-state index contributed by atoms with van der Waals surface area (Å²) in [6.07, 6.45) is 7.98. The molecule has 2 amide bonds. The maximum absolute atomic E-state index is 13.4. The lowest BCUT2D eigenvalue weighted by Gasteiger charge is -2.27. The predicted octanol–water partition coefficient (Wildman–Crippen LogP) is 2.01. The van der Waals surface area contributed by atoms with Gasteiger partial charge in [0.25, 0.3) is 0 Å². The van der Waals surface area contributed by atoms with Gasteiger partial charge in [0.05, 0.1) is 30.7 Å². The van der Waals surface area contributed by atoms with Crippen molar-refractivity contribution in [2.24, 2.45) is 11.8 Å². The molecular weight excluding hydrogens is 392 g/mol. The Morgan fingerprint density at radius 1 is 1.32 bits per heavy atom. The lowest BCUT2D eigenvalue weighted by molar-refractivity contribution is -0.142. The van der Waals surface area contributed by atoms with Gasteiger partial charge in [-0.05, 0) is 42.5 Å². The van der Waals surface area contributed by atoms with Crippen LogP contribution in [0.2, 0.25) is 0 Å². The number of likely N-dealkylation sites (tertiary alicyclic amines) is 1. The summed E-state index contributed by atoms with van der Waals surface area (Å²) in [4.78, 5) is 30.4. The molecule has 7 heteroatoms. The number of H-pyrrole nitrogens is 1. The third-order valence-corrected chi connectivity index (χ3v) is 7.08. The highest BCUT2D eigenvalue weighted by Crippen LogP contribution is 2.52. The van der Waals surface area contributed by atoms with Crippen molar-refractivity contribution in [3.05, 3.63) is 65.0 Å². The Kier molecular flexibility index (Phi) is 4.73. The number of aryl methyl sites for hydroxylation is 2. The smallest absolute Gasteiger partial charge is 0.230 e. The number of nitrogens with zero attached hydrogens (tertiary/aromatic N) is 3. The summed E-state index contributed by atoms with van der Waals surface area (Å²) in [6.45, 7) is 5.78. The van der Waals surface area contributed by atoms with Crippen molar-refractivity contribution in [1.29, 1.82) is 0 Å². The number of aromatic amines is 1. The number of nitrogens with one attached hydrogen (secondary N) is 1. The number of ether oxygens (including phenoxy) is 1. The first kappa shape index (κ1) is 20.0. The number of amides is 2. The van der Waals surface area contributed by atoms with Gasteiger partial charge >= 0.3 is 0 Å². The molecule has 4 atom stereocenters. The average molecular weight is 421 g/mol. The fourth-order valence-corrected chi connectivity index (χ4v) is 5.19. The summed E-state index contributed by atoms with van der Waals surface area (Å²) in [5, 5.41) is 6.74. The number of fused-ring (bicyclic) bond motifs is 1. The molecule has 3 aliphatic rings. The molecule has 0 aliphatic carbocycles. The van der Waals surface area contributed by atoms with Crippen LogP contribution >= 0.6 is 0 Å². The van der Waals surface area contributed by atoms with Crippen molar-refractivity contribution >= 4 is 11.8 Å². The van der Waals surface area contributed by atoms with Gasteiger partial charge in [0, 0.05) is 26.3 Å². The SMILES string of the molecule is Cc1ccc(CN2C[C@]34C=C[C@H](O3)[C@H](C(=O)N(C)CCc3cn[nH]c3)[C@@H]4C2=O)cc1C. The van der Waals surface area contributed by atoms with E-state index >= 15 is 0 Å². The van der Waals surface area contributed by atoms with E-state index in [0.29, 0.717) is 19.6 Å². The second-order valence-electron chi connectivity index (χ2n) is 9.13. The summed E-state index contributed by atoms with van der Waals surface area (Å²) < 4.78 is 6.26. The summed E-state index contributed by atoms with van der Waals surface area (Å²) in [5.41, 5.74) is 3.93. The van der Waals surface area contributed by atoms with Crippen LogP contribution in [0.1, 0.15) is 22.3 Å². The van der Waals surface area contributed by atoms with E-state index in [2.05, 4.69) is 42.2 Å². The minimum absolute atomic E-state index is 0.0201. The second kappa shape index (κ2) is 7.34. The van der Waals surface area contributed by atoms with Crippen molar-refractivity contribution < 1.29 is 14.3 Å². The van der Waals surface area contributed by atoms with Gasteiger partial charge in [0.2, 0.25) is 11.8 Å². The molecule has 0 unspecified atom stereocenters. The zero-order valence-electron chi connectivity index (χ0n) is 18.2. The Morgan fingerprint density at radius 3 is 2.90 bits per heavy atom. The van der Waals surface area contributed by atoms with Crippen LogP contribution in [0, 0.1) is 25.7 Å². The van der Waals surface area contributed by atoms with Crippen LogP contribution in [0.25, 0.3) is 0 Å². The van der Waals surface area contributed by atoms with Gasteiger partial charge in [-0.1, -0.05) is 30.4 Å². The topological polar surface area (TPSA) is 78.5 Å². The third kappa shape index (κ3) is 3.28. The zero-order chi connectivity index (χ0) is 21.8. The molecule has 7 nitrogen and oxygen atoms in total. The summed E-state index contributed by atoms with van der Waals surface area (Å²) in [6, 6.07) is 6.30. The normalized spacial score (nSPS) is 28.4. The Morgan fingerprint density at radius 2 is 2.16 bits per heavy atom. The van der Waals surface area contributed by atoms with Crippen LogP contribution in [-0.4, -0.2) is 63.7 Å². The minimum atomic E-state index is -0.673. The highest BCUT2D eigenvalue weighted by molar-refractivity contribution is 5.93. The van der Waals surface area contributed by atoms with Crippen LogP contribution in [0.3, 0.4) is 0 Å². The number of carbonyl (C=O) groups excluding carboxylic acids is 2. The quantitative estimate of drug-likeness (QED) is 0.725. The molecule has 31 heavy (non-hydrogen) atoms. The predicted molar refractivity (Wildman–Crippen MR) is 115 cm³/mol. The van der Waals surface area contributed by atoms with Crippen LogP contribution < -0.4 is 0 Å². The summed E-state index contributed by atoms with van der Waals surface area (Å²) in [7, 11) is 1.80. The molecule has 3 aliphatic heterocycles. The molecule has 2 saturated heterocycles. The average Bonchev–Trinajstić information content (AvgIpc) is 3.51. The zero-order valence-corrected chi connectivity index (χ0v) is 18.2. The fraction of sp³-hybridized carbons (Fsp3) is 0.458. The summed E-state index contributed by atoms with van der Waals surface area (Å²) >= 11 is 0. The molecule has 2 fully saturated rings. The first-order valence-corrected chi connectivity index (χ1v) is 10.8. The van der Waals surface area contributed by atoms with Gasteiger partial charge in [-0.3, -0.25) is 14.7 Å². The van der Waals surface area contributed by atoms with Crippen LogP contribution in [0.5, 0.6) is 0 Å². The molecule has 1 N–H and O–H groups in total. The van der Waals surface area contributed by atoms with Crippen LogP contribution in [0.4, 0.5) is 0 Å². The third-order valence-electron chi connectivity index (χ3n) is 7.08. The van der Waals surface area contributed by atoms with Crippen LogP contribution in [-0.2, 0) is 27.3 Å². The molecule has 162 valence electrons. The number of carbonyl (C=O) groups is 2. The van der Waals surface area contributed by atoms with Crippen molar-refractivity contribution in [3.8, 4) is 0 Å².